The third kappa shape index (κ3) is 9.49. The van der Waals surface area contributed by atoms with Crippen molar-refractivity contribution in [3.05, 3.63) is 125 Å². The van der Waals surface area contributed by atoms with Gasteiger partial charge in [0.05, 0.1) is 16.3 Å². The zero-order valence-electron chi connectivity index (χ0n) is 22.0. The summed E-state index contributed by atoms with van der Waals surface area (Å²) in [5.74, 6) is 2.31. The molecule has 5 aromatic rings. The summed E-state index contributed by atoms with van der Waals surface area (Å²) in [7, 11) is 0. The number of aldehydes is 1. The Kier molecular flexibility index (Phi) is 11.4. The molecule has 0 unspecified atom stereocenters. The monoisotopic (exact) mass is 601 g/mol. The number of carbonyl (C=O) groups is 1. The van der Waals surface area contributed by atoms with Gasteiger partial charge in [-0.3, -0.25) is 4.79 Å². The summed E-state index contributed by atoms with van der Waals surface area (Å²) in [6.45, 7) is 0.527. The molecule has 0 radical (unpaired) electrons. The molecule has 0 amide bonds. The summed E-state index contributed by atoms with van der Waals surface area (Å²) < 4.78 is 0. The molecular formula is C30H28ClN7OS2. The first kappa shape index (κ1) is 29.9. The van der Waals surface area contributed by atoms with E-state index < -0.39 is 0 Å². The van der Waals surface area contributed by atoms with E-state index in [-0.39, 0.29) is 5.82 Å². The standard InChI is InChI=1S/C18H17ClN4S.C12H11N3OS/c19-15-8-4-5-9-16(15)21-10-14-11-22-18(23-17(14)20)24-12-13-6-2-1-3-7-13;13-11-10(7-16)6-14-12(15-11)17-8-9-4-2-1-3-5-9/h1-9,11,21H,10,12H2,(H2,20,22,23);1-7H,8H2,(H2,13,14,15). The predicted molar refractivity (Wildman–Crippen MR) is 169 cm³/mol. The van der Waals surface area contributed by atoms with Gasteiger partial charge in [-0.1, -0.05) is 108 Å². The Morgan fingerprint density at radius 1 is 0.732 bits per heavy atom. The molecule has 5 rings (SSSR count). The van der Waals surface area contributed by atoms with Crippen molar-refractivity contribution in [3.63, 3.8) is 0 Å². The third-order valence-electron chi connectivity index (χ3n) is 5.59. The summed E-state index contributed by atoms with van der Waals surface area (Å²) in [6.07, 6.45) is 3.86. The van der Waals surface area contributed by atoms with Crippen LogP contribution < -0.4 is 16.8 Å². The first-order chi connectivity index (χ1) is 20.0. The zero-order chi connectivity index (χ0) is 28.9. The minimum atomic E-state index is 0.227. The van der Waals surface area contributed by atoms with Crippen LogP contribution in [0.15, 0.2) is 108 Å². The van der Waals surface area contributed by atoms with E-state index in [1.807, 2.05) is 72.8 Å². The molecule has 0 aliphatic rings. The molecule has 3 aromatic carbocycles. The Morgan fingerprint density at radius 2 is 1.27 bits per heavy atom. The molecule has 8 nitrogen and oxygen atoms in total. The Morgan fingerprint density at radius 3 is 1.80 bits per heavy atom. The van der Waals surface area contributed by atoms with Crippen molar-refractivity contribution >= 4 is 58.7 Å². The average Bonchev–Trinajstić information content (AvgIpc) is 3.01. The van der Waals surface area contributed by atoms with Gasteiger partial charge in [0.2, 0.25) is 0 Å². The van der Waals surface area contributed by atoms with Gasteiger partial charge in [-0.25, -0.2) is 19.9 Å². The zero-order valence-corrected chi connectivity index (χ0v) is 24.4. The van der Waals surface area contributed by atoms with Gasteiger partial charge in [-0.05, 0) is 23.3 Å². The number of anilines is 3. The highest BCUT2D eigenvalue weighted by Gasteiger charge is 2.07. The topological polar surface area (TPSA) is 133 Å². The van der Waals surface area contributed by atoms with Crippen LogP contribution in [0.2, 0.25) is 5.02 Å². The molecule has 208 valence electrons. The van der Waals surface area contributed by atoms with Crippen LogP contribution in [0, 0.1) is 0 Å². The van der Waals surface area contributed by atoms with Crippen LogP contribution in [0.3, 0.4) is 0 Å². The number of nitrogens with two attached hydrogens (primary N) is 2. The van der Waals surface area contributed by atoms with Crippen LogP contribution in [0.1, 0.15) is 27.0 Å². The van der Waals surface area contributed by atoms with Gasteiger partial charge in [0.1, 0.15) is 11.6 Å². The second-order valence-electron chi connectivity index (χ2n) is 8.56. The fraction of sp³-hybridized carbons (Fsp3) is 0.100. The molecule has 2 aromatic heterocycles. The lowest BCUT2D eigenvalue weighted by Crippen LogP contribution is -2.06. The van der Waals surface area contributed by atoms with E-state index in [1.165, 1.54) is 29.1 Å². The van der Waals surface area contributed by atoms with E-state index >= 15 is 0 Å². The fourth-order valence-electron chi connectivity index (χ4n) is 3.40. The number of benzene rings is 3. The lowest BCUT2D eigenvalue weighted by molar-refractivity contribution is 0.112. The number of hydrogen-bond acceptors (Lipinski definition) is 10. The van der Waals surface area contributed by atoms with Crippen molar-refractivity contribution < 1.29 is 4.79 Å². The van der Waals surface area contributed by atoms with Gasteiger partial charge in [-0.2, -0.15) is 0 Å². The number of thioether (sulfide) groups is 2. The molecule has 0 fully saturated rings. The molecular weight excluding hydrogens is 574 g/mol. The number of aromatic nitrogens is 4. The van der Waals surface area contributed by atoms with Crippen LogP contribution in [0.5, 0.6) is 0 Å². The first-order valence-electron chi connectivity index (χ1n) is 12.5. The van der Waals surface area contributed by atoms with E-state index in [0.29, 0.717) is 39.5 Å². The minimum absolute atomic E-state index is 0.227. The quantitative estimate of drug-likeness (QED) is 0.0893. The molecule has 2 heterocycles. The second kappa shape index (κ2) is 15.6. The van der Waals surface area contributed by atoms with Crippen molar-refractivity contribution in [3.8, 4) is 0 Å². The molecule has 0 saturated carbocycles. The first-order valence-corrected chi connectivity index (χ1v) is 14.9. The number of carbonyl (C=O) groups excluding carboxylic acids is 1. The van der Waals surface area contributed by atoms with E-state index in [2.05, 4.69) is 37.4 Å². The maximum Gasteiger partial charge on any atom is 0.189 e. The molecule has 11 heteroatoms. The van der Waals surface area contributed by atoms with Crippen LogP contribution >= 0.6 is 35.1 Å². The SMILES string of the molecule is Nc1nc(SCc2ccccc2)ncc1C=O.Nc1nc(SCc2ccccc2)ncc1CNc1ccccc1Cl. The van der Waals surface area contributed by atoms with Crippen LogP contribution in [-0.2, 0) is 18.1 Å². The van der Waals surface area contributed by atoms with Crippen LogP contribution in [-0.4, -0.2) is 26.2 Å². The number of para-hydroxylation sites is 1. The van der Waals surface area contributed by atoms with Gasteiger partial charge in [0.25, 0.3) is 0 Å². The normalized spacial score (nSPS) is 10.4. The minimum Gasteiger partial charge on any atom is -0.383 e. The number of halogens is 1. The van der Waals surface area contributed by atoms with Crippen molar-refractivity contribution in [2.45, 2.75) is 28.4 Å². The van der Waals surface area contributed by atoms with E-state index in [1.54, 1.807) is 18.0 Å². The van der Waals surface area contributed by atoms with Gasteiger partial charge >= 0.3 is 0 Å². The van der Waals surface area contributed by atoms with Gasteiger partial charge in [0.15, 0.2) is 16.6 Å². The molecule has 0 spiro atoms. The molecule has 5 N–H and O–H groups in total. The average molecular weight is 602 g/mol. The number of hydrogen-bond donors (Lipinski definition) is 3. The van der Waals surface area contributed by atoms with Crippen molar-refractivity contribution in [1.29, 1.82) is 0 Å². The van der Waals surface area contributed by atoms with Crippen LogP contribution in [0.4, 0.5) is 17.3 Å². The second-order valence-corrected chi connectivity index (χ2v) is 10.8. The maximum atomic E-state index is 10.6. The van der Waals surface area contributed by atoms with Gasteiger partial charge in [-0.15, -0.1) is 0 Å². The Hall–Kier alpha value is -4.12. The van der Waals surface area contributed by atoms with Crippen molar-refractivity contribution in [2.24, 2.45) is 0 Å². The molecule has 0 saturated heterocycles. The maximum absolute atomic E-state index is 10.6. The summed E-state index contributed by atoms with van der Waals surface area (Å²) in [5.41, 5.74) is 16.1. The number of nitrogens with one attached hydrogen (secondary N) is 1. The molecule has 41 heavy (non-hydrogen) atoms. The highest BCUT2D eigenvalue weighted by Crippen LogP contribution is 2.24. The lowest BCUT2D eigenvalue weighted by Gasteiger charge is -2.10. The van der Waals surface area contributed by atoms with E-state index in [4.69, 9.17) is 23.1 Å². The summed E-state index contributed by atoms with van der Waals surface area (Å²) in [4.78, 5) is 27.4. The highest BCUT2D eigenvalue weighted by molar-refractivity contribution is 7.98. The fourth-order valence-corrected chi connectivity index (χ4v) is 5.15. The van der Waals surface area contributed by atoms with E-state index in [0.717, 1.165) is 22.8 Å². The molecule has 0 aliphatic heterocycles. The molecule has 0 bridgehead atoms. The summed E-state index contributed by atoms with van der Waals surface area (Å²) in [5, 5.41) is 5.18. The number of nitrogens with zero attached hydrogens (tertiary/aromatic N) is 4. The van der Waals surface area contributed by atoms with Crippen molar-refractivity contribution in [1.82, 2.24) is 19.9 Å². The number of nitrogen functional groups attached to an aromatic ring is 2. The highest BCUT2D eigenvalue weighted by atomic mass is 35.5. The van der Waals surface area contributed by atoms with Crippen molar-refractivity contribution in [2.75, 3.05) is 16.8 Å². The molecule has 0 aliphatic carbocycles. The summed E-state index contributed by atoms with van der Waals surface area (Å²) >= 11 is 9.18. The Labute approximate surface area is 252 Å². The Balaban J connectivity index is 0.000000201. The lowest BCUT2D eigenvalue weighted by atomic mass is 10.2. The van der Waals surface area contributed by atoms with E-state index in [9.17, 15) is 4.79 Å². The third-order valence-corrected chi connectivity index (χ3v) is 7.79. The van der Waals surface area contributed by atoms with Gasteiger partial charge in [0, 0.05) is 36.0 Å². The largest absolute Gasteiger partial charge is 0.383 e. The smallest absolute Gasteiger partial charge is 0.189 e. The number of rotatable bonds is 10. The molecule has 0 atom stereocenters. The van der Waals surface area contributed by atoms with Gasteiger partial charge < -0.3 is 16.8 Å². The Bertz CT molecular complexity index is 1560. The predicted octanol–water partition coefficient (Wildman–Crippen LogP) is 6.78. The van der Waals surface area contributed by atoms with Crippen LogP contribution in [0.25, 0.3) is 0 Å². The summed E-state index contributed by atoms with van der Waals surface area (Å²) in [6, 6.07) is 27.8.